The third kappa shape index (κ3) is 5.52. The predicted molar refractivity (Wildman–Crippen MR) is 160 cm³/mol. The van der Waals surface area contributed by atoms with E-state index in [2.05, 4.69) is 16.0 Å². The van der Waals surface area contributed by atoms with Crippen molar-refractivity contribution >= 4 is 56.3 Å². The number of carboxylic acid groups (broad SMARTS) is 2. The number of carboxylic acids is 2. The van der Waals surface area contributed by atoms with E-state index in [0.29, 0.717) is 36.5 Å². The van der Waals surface area contributed by atoms with E-state index in [9.17, 15) is 19.8 Å². The number of nitrogens with one attached hydrogen (secondary N) is 2. The molecule has 0 fully saturated rings. The Kier molecular flexibility index (Phi) is 7.53. The van der Waals surface area contributed by atoms with Crippen LogP contribution in [0.4, 0.5) is 0 Å². The summed E-state index contributed by atoms with van der Waals surface area (Å²) in [5, 5.41) is 18.9. The minimum absolute atomic E-state index is 0.0275. The first-order valence-corrected chi connectivity index (χ1v) is 13.8. The molecule has 41 heavy (non-hydrogen) atoms. The van der Waals surface area contributed by atoms with E-state index in [1.807, 2.05) is 58.9 Å². The minimum atomic E-state index is -0.888. The van der Waals surface area contributed by atoms with Gasteiger partial charge in [-0.3, -0.25) is 9.59 Å². The van der Waals surface area contributed by atoms with Crippen molar-refractivity contribution in [1.29, 1.82) is 0 Å². The van der Waals surface area contributed by atoms with Crippen LogP contribution >= 0.6 is 0 Å². The number of aromatic amines is 2. The fourth-order valence-corrected chi connectivity index (χ4v) is 5.45. The number of aryl methyl sites for hydroxylation is 2. The molecular weight excluding hydrogens is 520 g/mol. The number of H-pyrrole nitrogens is 2. The zero-order valence-electron chi connectivity index (χ0n) is 23.9. The molecule has 5 heterocycles. The van der Waals surface area contributed by atoms with Crippen LogP contribution in [0.5, 0.6) is 5.75 Å². The second-order valence-electron chi connectivity index (χ2n) is 10.5. The number of carbonyl (C=O) groups is 2. The van der Waals surface area contributed by atoms with Gasteiger partial charge in [0.05, 0.1) is 34.9 Å². The smallest absolute Gasteiger partial charge is 0.303 e. The lowest BCUT2D eigenvalue weighted by atomic mass is 9.98. The fraction of sp³-hybridized carbons (Fsp3) is 0.312. The van der Waals surface area contributed by atoms with E-state index >= 15 is 0 Å². The highest BCUT2D eigenvalue weighted by atomic mass is 16.5. The van der Waals surface area contributed by atoms with Gasteiger partial charge in [-0.25, -0.2) is 9.97 Å². The number of hydrogen-bond acceptors (Lipinski definition) is 5. The Morgan fingerprint density at radius 1 is 0.732 bits per heavy atom. The molecule has 2 aliphatic rings. The van der Waals surface area contributed by atoms with E-state index in [0.717, 1.165) is 66.9 Å². The number of rotatable bonds is 8. The molecule has 5 rings (SSSR count). The molecule has 0 spiro atoms. The normalized spacial score (nSPS) is 13.2. The van der Waals surface area contributed by atoms with Gasteiger partial charge in [0.25, 0.3) is 0 Å². The van der Waals surface area contributed by atoms with Crippen molar-refractivity contribution in [3.8, 4) is 5.75 Å². The standard InChI is InChI=1S/C32H34N4O5/c1-6-41-32-19(5)24-12-20-11-16(2)23(33-20)13-25-17(3)21(7-9-30(37)38)27(34-25)15-28-22(8-10-31(39)40)18(4)26(35-28)14-29(32)36-24/h11-15,33,36H,6-10H2,1-5H3,(H,37,38)(H,39,40). The van der Waals surface area contributed by atoms with Gasteiger partial charge in [-0.2, -0.15) is 0 Å². The number of aromatic nitrogens is 4. The lowest BCUT2D eigenvalue weighted by Gasteiger charge is -2.05. The van der Waals surface area contributed by atoms with Gasteiger partial charge in [-0.15, -0.1) is 0 Å². The van der Waals surface area contributed by atoms with Crippen LogP contribution in [-0.2, 0) is 9.59 Å². The van der Waals surface area contributed by atoms with E-state index < -0.39 is 11.9 Å². The van der Waals surface area contributed by atoms with E-state index in [4.69, 9.17) is 14.7 Å². The number of nitrogens with zero attached hydrogens (tertiary/aromatic N) is 2. The Balaban J connectivity index is 1.88. The van der Waals surface area contributed by atoms with E-state index in [-0.39, 0.29) is 12.8 Å². The van der Waals surface area contributed by atoms with Crippen LogP contribution < -0.4 is 4.74 Å². The van der Waals surface area contributed by atoms with Gasteiger partial charge in [0.2, 0.25) is 0 Å². The number of fused-ring (bicyclic) bond motifs is 8. The first kappa shape index (κ1) is 27.9. The average molecular weight is 555 g/mol. The van der Waals surface area contributed by atoms with E-state index in [1.54, 1.807) is 0 Å². The SMILES string of the molecule is CCOc1c(C)c2cc3cc(C)c(cc4nc(cc5nc(cc1[nH]2)C(C)=C5CCC(=O)O)C(CCC(=O)O)=C4C)[nH]3. The monoisotopic (exact) mass is 554 g/mol. The van der Waals surface area contributed by atoms with E-state index in [1.165, 1.54) is 0 Å². The van der Waals surface area contributed by atoms with Gasteiger partial charge in [0.1, 0.15) is 5.75 Å². The van der Waals surface area contributed by atoms with Crippen molar-refractivity contribution in [2.75, 3.05) is 6.61 Å². The molecule has 3 aromatic heterocycles. The first-order chi connectivity index (χ1) is 19.5. The molecule has 0 unspecified atom stereocenters. The summed E-state index contributed by atoms with van der Waals surface area (Å²) in [6.45, 7) is 10.4. The van der Waals surface area contributed by atoms with Gasteiger partial charge in [0, 0.05) is 35.0 Å². The molecular formula is C32H34N4O5. The molecule has 2 aliphatic heterocycles. The van der Waals surface area contributed by atoms with Crippen molar-refractivity contribution < 1.29 is 24.5 Å². The summed E-state index contributed by atoms with van der Waals surface area (Å²) in [6.07, 6.45) is 0.564. The van der Waals surface area contributed by atoms with Crippen LogP contribution in [0.3, 0.4) is 0 Å². The lowest BCUT2D eigenvalue weighted by molar-refractivity contribution is -0.137. The maximum Gasteiger partial charge on any atom is 0.303 e. The minimum Gasteiger partial charge on any atom is -0.491 e. The topological polar surface area (TPSA) is 141 Å². The summed E-state index contributed by atoms with van der Waals surface area (Å²) < 4.78 is 6.05. The summed E-state index contributed by atoms with van der Waals surface area (Å²) >= 11 is 0. The molecule has 8 bridgehead atoms. The fourth-order valence-electron chi connectivity index (χ4n) is 5.45. The number of ether oxygens (including phenoxy) is 1. The summed E-state index contributed by atoms with van der Waals surface area (Å²) in [7, 11) is 0. The first-order valence-electron chi connectivity index (χ1n) is 13.8. The Bertz CT molecular complexity index is 1810. The third-order valence-electron chi connectivity index (χ3n) is 7.71. The predicted octanol–water partition coefficient (Wildman–Crippen LogP) is 6.92. The molecule has 0 aromatic carbocycles. The highest BCUT2D eigenvalue weighted by Crippen LogP contribution is 2.38. The second-order valence-corrected chi connectivity index (χ2v) is 10.5. The molecule has 3 aromatic rings. The Labute approximate surface area is 237 Å². The van der Waals surface area contributed by atoms with Crippen LogP contribution in [-0.4, -0.2) is 48.7 Å². The van der Waals surface area contributed by atoms with Crippen LogP contribution in [0.25, 0.3) is 44.4 Å². The summed E-state index contributed by atoms with van der Waals surface area (Å²) in [5.74, 6) is -1.03. The molecule has 0 saturated carbocycles. The quantitative estimate of drug-likeness (QED) is 0.237. The second kappa shape index (κ2) is 11.1. The zero-order chi connectivity index (χ0) is 29.4. The van der Waals surface area contributed by atoms with Crippen molar-refractivity contribution in [1.82, 2.24) is 19.9 Å². The van der Waals surface area contributed by atoms with Crippen molar-refractivity contribution in [2.24, 2.45) is 0 Å². The van der Waals surface area contributed by atoms with Crippen molar-refractivity contribution in [2.45, 2.75) is 60.3 Å². The Morgan fingerprint density at radius 3 is 1.83 bits per heavy atom. The van der Waals surface area contributed by atoms with Gasteiger partial charge >= 0.3 is 11.9 Å². The van der Waals surface area contributed by atoms with Crippen molar-refractivity contribution in [3.63, 3.8) is 0 Å². The maximum atomic E-state index is 11.5. The number of hydrogen-bond donors (Lipinski definition) is 4. The average Bonchev–Trinajstić information content (AvgIpc) is 3.58. The Morgan fingerprint density at radius 2 is 1.29 bits per heavy atom. The molecule has 4 N–H and O–H groups in total. The number of aliphatic carboxylic acids is 2. The molecule has 9 heteroatoms. The molecule has 0 atom stereocenters. The highest BCUT2D eigenvalue weighted by molar-refractivity contribution is 5.96. The van der Waals surface area contributed by atoms with Crippen LogP contribution in [0.2, 0.25) is 0 Å². The van der Waals surface area contributed by atoms with Gasteiger partial charge in [-0.1, -0.05) is 0 Å². The van der Waals surface area contributed by atoms with Crippen LogP contribution in [0.15, 0.2) is 30.3 Å². The molecule has 0 aliphatic carbocycles. The third-order valence-corrected chi connectivity index (χ3v) is 7.71. The number of allylic oxidation sites excluding steroid dienone is 4. The molecule has 0 saturated heterocycles. The molecule has 9 nitrogen and oxygen atoms in total. The van der Waals surface area contributed by atoms with Crippen LogP contribution in [0, 0.1) is 13.8 Å². The largest absolute Gasteiger partial charge is 0.491 e. The molecule has 0 radical (unpaired) electrons. The summed E-state index contributed by atoms with van der Waals surface area (Å²) in [4.78, 5) is 39.8. The summed E-state index contributed by atoms with van der Waals surface area (Å²) in [5.41, 5.74) is 11.7. The lowest BCUT2D eigenvalue weighted by Crippen LogP contribution is -1.97. The van der Waals surface area contributed by atoms with Gasteiger partial charge < -0.3 is 24.9 Å². The zero-order valence-corrected chi connectivity index (χ0v) is 23.9. The molecule has 212 valence electrons. The summed E-state index contributed by atoms with van der Waals surface area (Å²) in [6, 6.07) is 9.92. The van der Waals surface area contributed by atoms with Crippen LogP contribution in [0.1, 0.15) is 80.4 Å². The highest BCUT2D eigenvalue weighted by Gasteiger charge is 2.22. The molecule has 0 amide bonds. The van der Waals surface area contributed by atoms with Gasteiger partial charge in [-0.05, 0) is 106 Å². The Hall–Kier alpha value is -4.66. The van der Waals surface area contributed by atoms with Gasteiger partial charge in [0.15, 0.2) is 0 Å². The maximum absolute atomic E-state index is 11.5. The van der Waals surface area contributed by atoms with Crippen molar-refractivity contribution in [3.05, 3.63) is 64.2 Å².